The highest BCUT2D eigenvalue weighted by molar-refractivity contribution is 6.31. The molecule has 0 saturated carbocycles. The predicted octanol–water partition coefficient (Wildman–Crippen LogP) is 3.21. The first-order chi connectivity index (χ1) is 19.5. The normalized spacial score (nSPS) is 23.4. The second-order valence-corrected chi connectivity index (χ2v) is 9.88. The van der Waals surface area contributed by atoms with Crippen molar-refractivity contribution in [3.05, 3.63) is 76.6 Å². The predicted molar refractivity (Wildman–Crippen MR) is 136 cm³/mol. The van der Waals surface area contributed by atoms with Gasteiger partial charge in [-0.25, -0.2) is 27.8 Å². The zero-order valence-corrected chi connectivity index (χ0v) is 22.5. The molecule has 1 fully saturated rings. The van der Waals surface area contributed by atoms with E-state index < -0.39 is 54.0 Å². The third-order valence-corrected chi connectivity index (χ3v) is 7.05. The van der Waals surface area contributed by atoms with Crippen LogP contribution < -0.4 is 0 Å². The van der Waals surface area contributed by atoms with Gasteiger partial charge in [-0.3, -0.25) is 4.68 Å². The minimum absolute atomic E-state index is 0.00956. The molecule has 5 rings (SSSR count). The Morgan fingerprint density at radius 2 is 1.88 bits per heavy atom. The fraction of sp³-hybridized carbons (Fsp3) is 0.346. The first-order valence-corrected chi connectivity index (χ1v) is 12.6. The Balaban J connectivity index is 1.58. The summed E-state index contributed by atoms with van der Waals surface area (Å²) in [5.41, 5.74) is 0.600. The van der Waals surface area contributed by atoms with Gasteiger partial charge in [-0.15, -0.1) is 0 Å². The van der Waals surface area contributed by atoms with E-state index in [2.05, 4.69) is 20.2 Å². The van der Waals surface area contributed by atoms with Crippen LogP contribution in [0.2, 0.25) is 5.02 Å². The lowest BCUT2D eigenvalue weighted by molar-refractivity contribution is -0.230. The van der Waals surface area contributed by atoms with Crippen LogP contribution in [0.5, 0.6) is 0 Å². The molecule has 2 N–H and O–H groups in total. The van der Waals surface area contributed by atoms with E-state index in [0.717, 1.165) is 12.1 Å². The van der Waals surface area contributed by atoms with Crippen molar-refractivity contribution in [2.24, 2.45) is 0 Å². The molecule has 214 valence electrons. The summed E-state index contributed by atoms with van der Waals surface area (Å²) < 4.78 is 55.8. The number of benzene rings is 1. The van der Waals surface area contributed by atoms with Crippen LogP contribution in [0, 0.1) is 35.7 Å². The minimum atomic E-state index is -1.60. The van der Waals surface area contributed by atoms with Crippen molar-refractivity contribution in [3.8, 4) is 22.9 Å². The van der Waals surface area contributed by atoms with E-state index >= 15 is 0 Å². The van der Waals surface area contributed by atoms with Crippen molar-refractivity contribution in [2.75, 3.05) is 7.11 Å². The van der Waals surface area contributed by atoms with Gasteiger partial charge in [0.25, 0.3) is 0 Å². The lowest BCUT2D eigenvalue weighted by atomic mass is 9.89. The molecule has 4 heterocycles. The molecule has 15 heteroatoms. The number of rotatable bonds is 6. The molecule has 0 radical (unpaired) electrons. The summed E-state index contributed by atoms with van der Waals surface area (Å²) in [4.78, 5) is 8.48. The molecule has 4 aromatic rings. The van der Waals surface area contributed by atoms with Gasteiger partial charge in [-0.2, -0.15) is 15.5 Å². The maximum absolute atomic E-state index is 13.9. The average molecular weight is 590 g/mol. The third-order valence-electron chi connectivity index (χ3n) is 6.77. The van der Waals surface area contributed by atoms with Gasteiger partial charge >= 0.3 is 0 Å². The lowest BCUT2D eigenvalue weighted by Gasteiger charge is -2.44. The number of aromatic nitrogens is 6. The molecule has 4 unspecified atom stereocenters. The molecule has 3 aromatic heterocycles. The van der Waals surface area contributed by atoms with E-state index in [0.29, 0.717) is 11.5 Å². The number of nitriles is 1. The number of hydrogen-bond acceptors (Lipinski definition) is 9. The maximum atomic E-state index is 13.9. The smallest absolute Gasteiger partial charge is 0.194 e. The number of methoxy groups -OCH3 is 1. The summed E-state index contributed by atoms with van der Waals surface area (Å²) in [6.07, 6.45) is -1.57. The van der Waals surface area contributed by atoms with E-state index in [-0.39, 0.29) is 27.7 Å². The van der Waals surface area contributed by atoms with Crippen LogP contribution >= 0.6 is 11.6 Å². The van der Waals surface area contributed by atoms with Gasteiger partial charge in [-0.05, 0) is 37.6 Å². The molecule has 0 bridgehead atoms. The summed E-state index contributed by atoms with van der Waals surface area (Å²) >= 11 is 6.18. The van der Waals surface area contributed by atoms with Gasteiger partial charge in [0, 0.05) is 18.9 Å². The Labute approximate surface area is 236 Å². The number of ether oxygens (including phenoxy) is 2. The Morgan fingerprint density at radius 1 is 1.17 bits per heavy atom. The number of nitrogens with zero attached hydrogens (tertiary/aromatic N) is 7. The summed E-state index contributed by atoms with van der Waals surface area (Å²) in [6, 6.07) is 3.99. The van der Waals surface area contributed by atoms with Gasteiger partial charge in [0.2, 0.25) is 0 Å². The van der Waals surface area contributed by atoms with Gasteiger partial charge in [0.05, 0.1) is 29.2 Å². The fourth-order valence-electron chi connectivity index (χ4n) is 4.88. The Hall–Kier alpha value is -3.87. The number of aliphatic hydroxyl groups is 2. The van der Waals surface area contributed by atoms with Gasteiger partial charge < -0.3 is 19.7 Å². The van der Waals surface area contributed by atoms with Crippen LogP contribution in [0.25, 0.3) is 16.8 Å². The highest BCUT2D eigenvalue weighted by Gasteiger charge is 2.50. The number of aryl methyl sites for hydroxylation is 1. The molecule has 11 nitrogen and oxygen atoms in total. The number of pyridine rings is 1. The number of aliphatic hydroxyl groups excluding tert-OH is 2. The summed E-state index contributed by atoms with van der Waals surface area (Å²) in [6.45, 7) is 3.11. The molecule has 1 saturated heterocycles. The van der Waals surface area contributed by atoms with Crippen molar-refractivity contribution in [3.63, 3.8) is 0 Å². The molecule has 1 aliphatic heterocycles. The van der Waals surface area contributed by atoms with Crippen LogP contribution in [-0.4, -0.2) is 71.3 Å². The van der Waals surface area contributed by atoms with Crippen LogP contribution in [0.1, 0.15) is 36.4 Å². The van der Waals surface area contributed by atoms with E-state index in [4.69, 9.17) is 21.1 Å². The maximum Gasteiger partial charge on any atom is 0.194 e. The largest absolute Gasteiger partial charge is 0.391 e. The minimum Gasteiger partial charge on any atom is -0.391 e. The van der Waals surface area contributed by atoms with E-state index in [1.807, 2.05) is 6.07 Å². The number of hydrogen-bond donors (Lipinski definition) is 2. The van der Waals surface area contributed by atoms with E-state index in [1.54, 1.807) is 6.92 Å². The monoisotopic (exact) mass is 589 g/mol. The first-order valence-electron chi connectivity index (χ1n) is 12.3. The Bertz CT molecular complexity index is 1620. The lowest BCUT2D eigenvalue weighted by Crippen LogP contribution is -2.56. The second kappa shape index (κ2) is 11.2. The molecule has 1 aromatic carbocycles. The van der Waals surface area contributed by atoms with Crippen molar-refractivity contribution >= 4 is 11.6 Å². The van der Waals surface area contributed by atoms with Crippen molar-refractivity contribution in [1.29, 1.82) is 5.26 Å². The highest BCUT2D eigenvalue weighted by atomic mass is 35.5. The van der Waals surface area contributed by atoms with Crippen LogP contribution in [0.3, 0.4) is 0 Å². The third kappa shape index (κ3) is 5.18. The van der Waals surface area contributed by atoms with E-state index in [9.17, 15) is 28.6 Å². The summed E-state index contributed by atoms with van der Waals surface area (Å²) in [5.74, 6) is -3.87. The highest BCUT2D eigenvalue weighted by Crippen LogP contribution is 2.41. The molecule has 0 spiro atoms. The summed E-state index contributed by atoms with van der Waals surface area (Å²) in [5, 5.41) is 40.2. The standard InChI is InChI=1S/C26H23ClF3N7O4/c1-11(38)23-24(40-3)21(36-10-14(8-33-36)13-4-17(28)20(30)18(29)5-13)22(39)25(41-23)26-34-12(2)35-37(26)15-6-16(27)19(7-31)32-9-15/h4-6,8-11,21-25,38-39H,1-3H3/t11?,21?,22?,23?,24-,25-/m1/s1. The molecular weight excluding hydrogens is 567 g/mol. The average Bonchev–Trinajstić information content (AvgIpc) is 3.58. The van der Waals surface area contributed by atoms with Crippen LogP contribution in [0.15, 0.2) is 36.8 Å². The van der Waals surface area contributed by atoms with Crippen LogP contribution in [-0.2, 0) is 9.47 Å². The molecule has 0 amide bonds. The molecule has 0 aliphatic carbocycles. The SMILES string of the molecule is CO[C@H]1C(C(C)O)O[C@@H](c2nc(C)nn2-c2cnc(C#N)c(Cl)c2)C(O)C1n1cc(-c2cc(F)c(F)c(F)c2)cn1. The Kier molecular flexibility index (Phi) is 7.82. The van der Waals surface area contributed by atoms with Crippen LogP contribution in [0.4, 0.5) is 13.2 Å². The zero-order chi connectivity index (χ0) is 29.6. The van der Waals surface area contributed by atoms with Crippen molar-refractivity contribution in [2.45, 2.75) is 50.4 Å². The number of halogens is 4. The topological polar surface area (TPSA) is 144 Å². The molecule has 41 heavy (non-hydrogen) atoms. The van der Waals surface area contributed by atoms with Crippen molar-refractivity contribution < 1.29 is 32.9 Å². The first kappa shape index (κ1) is 28.7. The van der Waals surface area contributed by atoms with E-state index in [1.165, 1.54) is 48.1 Å². The van der Waals surface area contributed by atoms with Gasteiger partial charge in [-0.1, -0.05) is 11.6 Å². The molecular formula is C26H23ClF3N7O4. The zero-order valence-electron chi connectivity index (χ0n) is 21.8. The quantitative estimate of drug-likeness (QED) is 0.324. The van der Waals surface area contributed by atoms with Gasteiger partial charge in [0.1, 0.15) is 42.4 Å². The van der Waals surface area contributed by atoms with Gasteiger partial charge in [0.15, 0.2) is 29.0 Å². The second-order valence-electron chi connectivity index (χ2n) is 9.47. The van der Waals surface area contributed by atoms with Crippen molar-refractivity contribution in [1.82, 2.24) is 29.5 Å². The Morgan fingerprint density at radius 3 is 2.49 bits per heavy atom. The fourth-order valence-corrected chi connectivity index (χ4v) is 5.08. The molecule has 1 aliphatic rings. The summed E-state index contributed by atoms with van der Waals surface area (Å²) in [7, 11) is 1.37. The molecule has 6 atom stereocenters.